The maximum absolute atomic E-state index is 11.5. The van der Waals surface area contributed by atoms with Crippen molar-refractivity contribution in [2.24, 2.45) is 5.10 Å². The Morgan fingerprint density at radius 2 is 2.05 bits per heavy atom. The van der Waals surface area contributed by atoms with E-state index in [4.69, 9.17) is 0 Å². The fourth-order valence-corrected chi connectivity index (χ4v) is 1.57. The highest BCUT2D eigenvalue weighted by molar-refractivity contribution is 5.92. The van der Waals surface area contributed by atoms with E-state index >= 15 is 0 Å². The fraction of sp³-hybridized carbons (Fsp3) is 0.214. The SMILES string of the molecule is CC(C)c1ccc(/C=N/NC(=O)c2ccn[nH]2)cc1. The lowest BCUT2D eigenvalue weighted by molar-refractivity contribution is 0.0950. The van der Waals surface area contributed by atoms with Gasteiger partial charge in [0.15, 0.2) is 0 Å². The average molecular weight is 256 g/mol. The third kappa shape index (κ3) is 3.51. The molecule has 0 saturated heterocycles. The van der Waals surface area contributed by atoms with E-state index < -0.39 is 0 Å². The van der Waals surface area contributed by atoms with Crippen molar-refractivity contribution in [3.05, 3.63) is 53.3 Å². The van der Waals surface area contributed by atoms with Crippen LogP contribution in [0.1, 0.15) is 41.4 Å². The van der Waals surface area contributed by atoms with E-state index in [1.165, 1.54) is 11.8 Å². The molecular formula is C14H16N4O. The van der Waals surface area contributed by atoms with Gasteiger partial charge in [0, 0.05) is 6.20 Å². The second-order valence-corrected chi connectivity index (χ2v) is 4.49. The Hall–Kier alpha value is -2.43. The standard InChI is InChI=1S/C14H16N4O/c1-10(2)12-5-3-11(4-6-12)9-16-18-14(19)13-7-8-15-17-13/h3-10H,1-2H3,(H,15,17)(H,18,19)/b16-9+. The summed E-state index contributed by atoms with van der Waals surface area (Å²) in [5.41, 5.74) is 5.03. The van der Waals surface area contributed by atoms with Gasteiger partial charge in [0.1, 0.15) is 5.69 Å². The summed E-state index contributed by atoms with van der Waals surface area (Å²) in [4.78, 5) is 11.5. The summed E-state index contributed by atoms with van der Waals surface area (Å²) in [7, 11) is 0. The van der Waals surface area contributed by atoms with Gasteiger partial charge in [0.25, 0.3) is 5.91 Å². The highest BCUT2D eigenvalue weighted by Gasteiger charge is 2.03. The number of hydrogen-bond acceptors (Lipinski definition) is 3. The minimum absolute atomic E-state index is 0.312. The van der Waals surface area contributed by atoms with Gasteiger partial charge >= 0.3 is 0 Å². The van der Waals surface area contributed by atoms with Gasteiger partial charge in [-0.2, -0.15) is 10.2 Å². The van der Waals surface area contributed by atoms with Crippen molar-refractivity contribution in [1.29, 1.82) is 0 Å². The average Bonchev–Trinajstić information content (AvgIpc) is 2.93. The summed E-state index contributed by atoms with van der Waals surface area (Å²) in [6.07, 6.45) is 3.13. The monoisotopic (exact) mass is 256 g/mol. The van der Waals surface area contributed by atoms with E-state index in [0.29, 0.717) is 11.6 Å². The summed E-state index contributed by atoms with van der Waals surface area (Å²) in [5, 5.41) is 10.2. The van der Waals surface area contributed by atoms with Crippen molar-refractivity contribution in [2.45, 2.75) is 19.8 Å². The number of aromatic amines is 1. The summed E-state index contributed by atoms with van der Waals surface area (Å²) in [5.74, 6) is 0.193. The summed E-state index contributed by atoms with van der Waals surface area (Å²) in [6.45, 7) is 4.29. The molecule has 0 radical (unpaired) electrons. The van der Waals surface area contributed by atoms with Crippen LogP contribution in [0.2, 0.25) is 0 Å². The molecule has 0 unspecified atom stereocenters. The minimum Gasteiger partial charge on any atom is -0.273 e. The van der Waals surface area contributed by atoms with Crippen molar-refractivity contribution in [3.63, 3.8) is 0 Å². The van der Waals surface area contributed by atoms with E-state index in [2.05, 4.69) is 46.7 Å². The number of nitrogens with zero attached hydrogens (tertiary/aromatic N) is 2. The first-order chi connectivity index (χ1) is 9.16. The first kappa shape index (κ1) is 13.0. The Bertz CT molecular complexity index is 556. The zero-order valence-electron chi connectivity index (χ0n) is 10.9. The number of carbonyl (C=O) groups excluding carboxylic acids is 1. The lowest BCUT2D eigenvalue weighted by Gasteiger charge is -2.04. The van der Waals surface area contributed by atoms with E-state index in [-0.39, 0.29) is 5.91 Å². The van der Waals surface area contributed by atoms with Crippen molar-refractivity contribution in [3.8, 4) is 0 Å². The normalized spacial score (nSPS) is 11.1. The van der Waals surface area contributed by atoms with Crippen LogP contribution in [0, 0.1) is 0 Å². The molecule has 2 aromatic rings. The molecule has 0 spiro atoms. The molecule has 19 heavy (non-hydrogen) atoms. The highest BCUT2D eigenvalue weighted by Crippen LogP contribution is 2.13. The van der Waals surface area contributed by atoms with Gasteiger partial charge in [-0.15, -0.1) is 0 Å². The highest BCUT2D eigenvalue weighted by atomic mass is 16.2. The predicted octanol–water partition coefficient (Wildman–Crippen LogP) is 2.30. The molecule has 2 N–H and O–H groups in total. The maximum Gasteiger partial charge on any atom is 0.289 e. The van der Waals surface area contributed by atoms with Gasteiger partial charge in [-0.25, -0.2) is 5.43 Å². The van der Waals surface area contributed by atoms with Crippen LogP contribution in [0.25, 0.3) is 0 Å². The third-order valence-corrected chi connectivity index (χ3v) is 2.73. The number of carbonyl (C=O) groups is 1. The second-order valence-electron chi connectivity index (χ2n) is 4.49. The number of hydrogen-bond donors (Lipinski definition) is 2. The molecular weight excluding hydrogens is 240 g/mol. The molecule has 0 aliphatic carbocycles. The molecule has 0 saturated carbocycles. The van der Waals surface area contributed by atoms with Gasteiger partial charge in [0.2, 0.25) is 0 Å². The van der Waals surface area contributed by atoms with Crippen LogP contribution < -0.4 is 5.43 Å². The number of aromatic nitrogens is 2. The topological polar surface area (TPSA) is 70.1 Å². The van der Waals surface area contributed by atoms with Gasteiger partial charge in [-0.05, 0) is 23.1 Å². The molecule has 0 atom stereocenters. The summed E-state index contributed by atoms with van der Waals surface area (Å²) >= 11 is 0. The number of H-pyrrole nitrogens is 1. The Balaban J connectivity index is 1.94. The zero-order chi connectivity index (χ0) is 13.7. The van der Waals surface area contributed by atoms with E-state index in [9.17, 15) is 4.79 Å². The van der Waals surface area contributed by atoms with Gasteiger partial charge in [0.05, 0.1) is 6.21 Å². The van der Waals surface area contributed by atoms with Gasteiger partial charge in [-0.3, -0.25) is 9.89 Å². The molecule has 0 aliphatic heterocycles. The largest absolute Gasteiger partial charge is 0.289 e. The number of amides is 1. The Morgan fingerprint density at radius 1 is 1.32 bits per heavy atom. The number of hydrazone groups is 1. The van der Waals surface area contributed by atoms with Crippen molar-refractivity contribution >= 4 is 12.1 Å². The second kappa shape index (κ2) is 5.95. The molecule has 1 heterocycles. The van der Waals surface area contributed by atoms with Crippen LogP contribution in [-0.2, 0) is 0 Å². The zero-order valence-corrected chi connectivity index (χ0v) is 10.9. The number of rotatable bonds is 4. The Kier molecular flexibility index (Phi) is 4.07. The van der Waals surface area contributed by atoms with Gasteiger partial charge in [-0.1, -0.05) is 38.1 Å². The van der Waals surface area contributed by atoms with Crippen LogP contribution in [0.15, 0.2) is 41.6 Å². The first-order valence-electron chi connectivity index (χ1n) is 6.09. The number of nitrogens with one attached hydrogen (secondary N) is 2. The molecule has 1 aromatic carbocycles. The van der Waals surface area contributed by atoms with Crippen LogP contribution in [0.5, 0.6) is 0 Å². The van der Waals surface area contributed by atoms with Crippen molar-refractivity contribution < 1.29 is 4.79 Å². The molecule has 5 heteroatoms. The Morgan fingerprint density at radius 3 is 2.63 bits per heavy atom. The molecule has 0 fully saturated rings. The Labute approximate surface area is 111 Å². The number of benzene rings is 1. The van der Waals surface area contributed by atoms with Gasteiger partial charge < -0.3 is 0 Å². The summed E-state index contributed by atoms with van der Waals surface area (Å²) < 4.78 is 0. The van der Waals surface area contributed by atoms with Crippen molar-refractivity contribution in [1.82, 2.24) is 15.6 Å². The lowest BCUT2D eigenvalue weighted by atomic mass is 10.0. The minimum atomic E-state index is -0.312. The smallest absolute Gasteiger partial charge is 0.273 e. The molecule has 0 bridgehead atoms. The summed E-state index contributed by atoms with van der Waals surface area (Å²) in [6, 6.07) is 9.65. The maximum atomic E-state index is 11.5. The van der Waals surface area contributed by atoms with Crippen LogP contribution in [0.3, 0.4) is 0 Å². The lowest BCUT2D eigenvalue weighted by Crippen LogP contribution is -2.17. The molecule has 5 nitrogen and oxygen atoms in total. The molecule has 0 aliphatic rings. The van der Waals surface area contributed by atoms with Crippen LogP contribution in [0.4, 0.5) is 0 Å². The fourth-order valence-electron chi connectivity index (χ4n) is 1.57. The van der Waals surface area contributed by atoms with Crippen molar-refractivity contribution in [2.75, 3.05) is 0 Å². The predicted molar refractivity (Wildman–Crippen MR) is 74.2 cm³/mol. The first-order valence-corrected chi connectivity index (χ1v) is 6.09. The van der Waals surface area contributed by atoms with Crippen LogP contribution in [-0.4, -0.2) is 22.3 Å². The van der Waals surface area contributed by atoms with E-state index in [1.807, 2.05) is 12.1 Å². The molecule has 98 valence electrons. The quantitative estimate of drug-likeness (QED) is 0.651. The molecule has 2 rings (SSSR count). The van der Waals surface area contributed by atoms with E-state index in [0.717, 1.165) is 5.56 Å². The van der Waals surface area contributed by atoms with E-state index in [1.54, 1.807) is 12.3 Å². The molecule has 1 amide bonds. The third-order valence-electron chi connectivity index (χ3n) is 2.73. The van der Waals surface area contributed by atoms with Crippen LogP contribution >= 0.6 is 0 Å². The molecule has 1 aromatic heterocycles.